The van der Waals surface area contributed by atoms with Crippen LogP contribution in [0.25, 0.3) is 21.3 Å². The minimum Gasteiger partial charge on any atom is -0.476 e. The van der Waals surface area contributed by atoms with E-state index >= 15 is 0 Å². The summed E-state index contributed by atoms with van der Waals surface area (Å²) in [5, 5.41) is 9.37. The zero-order chi connectivity index (χ0) is 21.1. The molecule has 2 aromatic heterocycles. The molecule has 0 aliphatic heterocycles. The number of hydrogen-bond donors (Lipinski definition) is 1. The van der Waals surface area contributed by atoms with Crippen molar-refractivity contribution < 1.29 is 14.3 Å². The molecule has 3 aromatic rings. The van der Waals surface area contributed by atoms with Crippen LogP contribution < -0.4 is 10.3 Å². The second kappa shape index (κ2) is 8.47. The molecular weight excluding hydrogens is 414 g/mol. The lowest BCUT2D eigenvalue weighted by molar-refractivity contribution is 0.0605. The number of hydrogen-bond acceptors (Lipinski definition) is 7. The summed E-state index contributed by atoms with van der Waals surface area (Å²) in [4.78, 5) is 32.2. The number of fused-ring (bicyclic) bond motifs is 1. The Hall–Kier alpha value is -3.15. The Morgan fingerprint density at radius 3 is 2.69 bits per heavy atom. The number of aromatic nitrogens is 2. The Balaban J connectivity index is 1.94. The number of nitrogens with one attached hydrogen (secondary N) is 1. The molecule has 0 aliphatic rings. The van der Waals surface area contributed by atoms with Gasteiger partial charge in [0, 0.05) is 0 Å². The van der Waals surface area contributed by atoms with Crippen molar-refractivity contribution in [1.82, 2.24) is 9.97 Å². The highest BCUT2D eigenvalue weighted by Crippen LogP contribution is 2.29. The van der Waals surface area contributed by atoms with E-state index < -0.39 is 12.1 Å². The SMILES string of the molecule is COC(=O)c1sc2nc(/C(Cl)=C/c3ccc(OC(C)C#N)cc3)[nH]c(=O)c2c1C. The summed E-state index contributed by atoms with van der Waals surface area (Å²) < 4.78 is 10.2. The van der Waals surface area contributed by atoms with Crippen LogP contribution in [0.4, 0.5) is 0 Å². The van der Waals surface area contributed by atoms with E-state index in [0.717, 1.165) is 16.9 Å². The lowest BCUT2D eigenvalue weighted by Gasteiger charge is -2.07. The van der Waals surface area contributed by atoms with Crippen molar-refractivity contribution >= 4 is 50.2 Å². The summed E-state index contributed by atoms with van der Waals surface area (Å²) in [5.41, 5.74) is 0.904. The molecule has 0 amide bonds. The Morgan fingerprint density at radius 1 is 1.38 bits per heavy atom. The molecule has 0 saturated heterocycles. The van der Waals surface area contributed by atoms with Gasteiger partial charge in [-0.1, -0.05) is 23.7 Å². The number of carbonyl (C=O) groups excluding carboxylic acids is 1. The molecule has 29 heavy (non-hydrogen) atoms. The predicted octanol–water partition coefficient (Wildman–Crippen LogP) is 4.11. The maximum atomic E-state index is 12.5. The Bertz CT molecular complexity index is 1210. The highest BCUT2D eigenvalue weighted by atomic mass is 35.5. The first-order valence-electron chi connectivity index (χ1n) is 8.49. The zero-order valence-corrected chi connectivity index (χ0v) is 17.4. The van der Waals surface area contributed by atoms with E-state index in [1.54, 1.807) is 44.2 Å². The van der Waals surface area contributed by atoms with Crippen LogP contribution in [0.2, 0.25) is 0 Å². The average Bonchev–Trinajstić information content (AvgIpc) is 3.05. The molecule has 2 heterocycles. The van der Waals surface area contributed by atoms with Crippen molar-refractivity contribution in [2.75, 3.05) is 7.11 Å². The molecule has 9 heteroatoms. The Morgan fingerprint density at radius 2 is 2.07 bits per heavy atom. The van der Waals surface area contributed by atoms with Crippen LogP contribution in [0.5, 0.6) is 5.75 Å². The van der Waals surface area contributed by atoms with E-state index in [0.29, 0.717) is 26.4 Å². The number of nitrogens with zero attached hydrogens (tertiary/aromatic N) is 2. The summed E-state index contributed by atoms with van der Waals surface area (Å²) >= 11 is 7.45. The van der Waals surface area contributed by atoms with Crippen LogP contribution in [0.1, 0.15) is 33.5 Å². The summed E-state index contributed by atoms with van der Waals surface area (Å²) in [6.45, 7) is 3.33. The maximum Gasteiger partial charge on any atom is 0.348 e. The van der Waals surface area contributed by atoms with E-state index in [1.165, 1.54) is 7.11 Å². The third-order valence-corrected chi connectivity index (χ3v) is 5.52. The van der Waals surface area contributed by atoms with Gasteiger partial charge >= 0.3 is 5.97 Å². The highest BCUT2D eigenvalue weighted by molar-refractivity contribution is 7.20. The van der Waals surface area contributed by atoms with Gasteiger partial charge in [0.05, 0.1) is 17.5 Å². The first-order valence-corrected chi connectivity index (χ1v) is 9.69. The normalized spacial score (nSPS) is 12.4. The second-order valence-electron chi connectivity index (χ2n) is 6.09. The number of H-pyrrole nitrogens is 1. The highest BCUT2D eigenvalue weighted by Gasteiger charge is 2.20. The Kier molecular flexibility index (Phi) is 6.01. The van der Waals surface area contributed by atoms with Crippen molar-refractivity contribution in [3.63, 3.8) is 0 Å². The Labute approximate surface area is 175 Å². The molecule has 0 fully saturated rings. The molecule has 0 aliphatic carbocycles. The van der Waals surface area contributed by atoms with Crippen LogP contribution in [0.15, 0.2) is 29.1 Å². The summed E-state index contributed by atoms with van der Waals surface area (Å²) in [6, 6.07) is 8.96. The number of esters is 1. The number of aryl methyl sites for hydroxylation is 1. The number of aromatic amines is 1. The number of rotatable bonds is 5. The molecule has 1 aromatic carbocycles. The van der Waals surface area contributed by atoms with Gasteiger partial charge in [-0.2, -0.15) is 5.26 Å². The number of nitriles is 1. The van der Waals surface area contributed by atoms with Gasteiger partial charge in [-0.3, -0.25) is 4.79 Å². The molecular formula is C20H16ClN3O4S. The monoisotopic (exact) mass is 429 g/mol. The van der Waals surface area contributed by atoms with Crippen LogP contribution in [-0.4, -0.2) is 29.2 Å². The minimum atomic E-state index is -0.551. The molecule has 3 rings (SSSR count). The molecule has 148 valence electrons. The molecule has 0 bridgehead atoms. The number of thiophene rings is 1. The molecule has 0 radical (unpaired) electrons. The van der Waals surface area contributed by atoms with Gasteiger partial charge in [-0.05, 0) is 43.2 Å². The first kappa shape index (κ1) is 20.6. The smallest absolute Gasteiger partial charge is 0.348 e. The summed E-state index contributed by atoms with van der Waals surface area (Å²) in [7, 11) is 1.28. The number of carbonyl (C=O) groups is 1. The van der Waals surface area contributed by atoms with Gasteiger partial charge < -0.3 is 14.5 Å². The second-order valence-corrected chi connectivity index (χ2v) is 7.50. The zero-order valence-electron chi connectivity index (χ0n) is 15.8. The van der Waals surface area contributed by atoms with Crippen LogP contribution in [-0.2, 0) is 4.74 Å². The average molecular weight is 430 g/mol. The lowest BCUT2D eigenvalue weighted by atomic mass is 10.2. The molecule has 0 spiro atoms. The first-order chi connectivity index (χ1) is 13.8. The molecule has 1 atom stereocenters. The fourth-order valence-corrected chi connectivity index (χ4v) is 3.95. The fraction of sp³-hybridized carbons (Fsp3) is 0.200. The van der Waals surface area contributed by atoms with Gasteiger partial charge in [0.25, 0.3) is 5.56 Å². The van der Waals surface area contributed by atoms with Gasteiger partial charge in [0.15, 0.2) is 11.9 Å². The van der Waals surface area contributed by atoms with Gasteiger partial charge in [0.1, 0.15) is 21.5 Å². The molecule has 1 N–H and O–H groups in total. The van der Waals surface area contributed by atoms with Gasteiger partial charge in [0.2, 0.25) is 0 Å². The van der Waals surface area contributed by atoms with Crippen molar-refractivity contribution in [3.05, 3.63) is 56.4 Å². The predicted molar refractivity (Wildman–Crippen MR) is 112 cm³/mol. The van der Waals surface area contributed by atoms with Crippen LogP contribution >= 0.6 is 22.9 Å². The van der Waals surface area contributed by atoms with Crippen molar-refractivity contribution in [3.8, 4) is 11.8 Å². The van der Waals surface area contributed by atoms with E-state index in [-0.39, 0.29) is 16.4 Å². The standard InChI is InChI=1S/C20H16ClN3O4S/c1-10(9-22)28-13-6-4-12(5-7-13)8-14(21)17-23-18(25)15-11(2)16(20(26)27-3)29-19(15)24-17/h4-8,10H,1-3H3,(H,23,24,25)/b14-8-. The number of methoxy groups -OCH3 is 1. The minimum absolute atomic E-state index is 0.195. The third-order valence-electron chi connectivity index (χ3n) is 4.07. The van der Waals surface area contributed by atoms with E-state index in [4.69, 9.17) is 26.3 Å². The van der Waals surface area contributed by atoms with Crippen LogP contribution in [0.3, 0.4) is 0 Å². The fourth-order valence-electron chi connectivity index (χ4n) is 2.63. The maximum absolute atomic E-state index is 12.5. The number of benzene rings is 1. The van der Waals surface area contributed by atoms with Crippen LogP contribution in [0, 0.1) is 18.3 Å². The van der Waals surface area contributed by atoms with E-state index in [1.807, 2.05) is 6.07 Å². The molecule has 7 nitrogen and oxygen atoms in total. The van der Waals surface area contributed by atoms with Gasteiger partial charge in [-0.15, -0.1) is 11.3 Å². The molecule has 0 saturated carbocycles. The van der Waals surface area contributed by atoms with Crippen molar-refractivity contribution in [1.29, 1.82) is 5.26 Å². The lowest BCUT2D eigenvalue weighted by Crippen LogP contribution is -2.10. The third kappa shape index (κ3) is 4.31. The molecule has 1 unspecified atom stereocenters. The quantitative estimate of drug-likeness (QED) is 0.612. The van der Waals surface area contributed by atoms with Crippen molar-refractivity contribution in [2.45, 2.75) is 20.0 Å². The van der Waals surface area contributed by atoms with E-state index in [2.05, 4.69) is 9.97 Å². The number of ether oxygens (including phenoxy) is 2. The largest absolute Gasteiger partial charge is 0.476 e. The summed E-state index contributed by atoms with van der Waals surface area (Å²) in [5.74, 6) is 0.242. The summed E-state index contributed by atoms with van der Waals surface area (Å²) in [6.07, 6.45) is 1.09. The topological polar surface area (TPSA) is 105 Å². The van der Waals surface area contributed by atoms with Crippen molar-refractivity contribution in [2.24, 2.45) is 0 Å². The number of halogens is 1. The van der Waals surface area contributed by atoms with Gasteiger partial charge in [-0.25, -0.2) is 9.78 Å². The van der Waals surface area contributed by atoms with E-state index in [9.17, 15) is 9.59 Å².